The van der Waals surface area contributed by atoms with Crippen LogP contribution < -0.4 is 5.73 Å². The second-order valence-corrected chi connectivity index (χ2v) is 3.42. The van der Waals surface area contributed by atoms with Gasteiger partial charge in [-0.3, -0.25) is 4.79 Å². The van der Waals surface area contributed by atoms with Crippen molar-refractivity contribution < 1.29 is 18.7 Å². The molecule has 82 valence electrons. The van der Waals surface area contributed by atoms with E-state index >= 15 is 0 Å². The highest BCUT2D eigenvalue weighted by atomic mass is 19.1. The van der Waals surface area contributed by atoms with Crippen molar-refractivity contribution in [1.82, 2.24) is 0 Å². The van der Waals surface area contributed by atoms with Crippen LogP contribution in [0.5, 0.6) is 0 Å². The van der Waals surface area contributed by atoms with Crippen LogP contribution in [0.1, 0.15) is 12.5 Å². The van der Waals surface area contributed by atoms with E-state index in [0.717, 1.165) is 19.1 Å². The van der Waals surface area contributed by atoms with Gasteiger partial charge >= 0.3 is 0 Å². The Morgan fingerprint density at radius 1 is 1.47 bits per heavy atom. The molecule has 0 bridgehead atoms. The van der Waals surface area contributed by atoms with Crippen molar-refractivity contribution >= 4 is 5.91 Å². The lowest BCUT2D eigenvalue weighted by atomic mass is 9.91. The second kappa shape index (κ2) is 3.94. The molecule has 0 spiro atoms. The zero-order valence-electron chi connectivity index (χ0n) is 8.08. The van der Waals surface area contributed by atoms with Crippen molar-refractivity contribution in [2.75, 3.05) is 0 Å². The molecule has 0 aliphatic carbocycles. The molecule has 0 aliphatic heterocycles. The van der Waals surface area contributed by atoms with Gasteiger partial charge in [-0.05, 0) is 24.6 Å². The van der Waals surface area contributed by atoms with Crippen LogP contribution in [-0.2, 0) is 10.4 Å². The van der Waals surface area contributed by atoms with Crippen molar-refractivity contribution in [3.63, 3.8) is 0 Å². The van der Waals surface area contributed by atoms with E-state index in [1.807, 2.05) is 0 Å². The van der Waals surface area contributed by atoms with Crippen molar-refractivity contribution in [3.05, 3.63) is 35.6 Å². The van der Waals surface area contributed by atoms with Crippen molar-refractivity contribution in [2.45, 2.75) is 18.7 Å². The van der Waals surface area contributed by atoms with E-state index < -0.39 is 23.5 Å². The van der Waals surface area contributed by atoms with E-state index in [-0.39, 0.29) is 5.56 Å². The Kier molecular flexibility index (Phi) is 3.04. The Labute approximate surface area is 85.5 Å². The average Bonchev–Trinajstić information content (AvgIpc) is 2.17. The quantitative estimate of drug-likeness (QED) is 0.785. The Morgan fingerprint density at radius 2 is 1.93 bits per heavy atom. The number of aliphatic hydroxyl groups is 1. The summed E-state index contributed by atoms with van der Waals surface area (Å²) in [5.74, 6) is -1.77. The van der Waals surface area contributed by atoms with Gasteiger partial charge in [-0.25, -0.2) is 8.78 Å². The van der Waals surface area contributed by atoms with Gasteiger partial charge in [0.05, 0.1) is 0 Å². The van der Waals surface area contributed by atoms with Crippen LogP contribution in [-0.4, -0.2) is 17.2 Å². The highest BCUT2D eigenvalue weighted by Gasteiger charge is 2.38. The molecule has 2 atom stereocenters. The van der Waals surface area contributed by atoms with Crippen LogP contribution in [0.4, 0.5) is 8.78 Å². The number of alkyl halides is 1. The van der Waals surface area contributed by atoms with Gasteiger partial charge in [0.15, 0.2) is 0 Å². The minimum Gasteiger partial charge on any atom is -0.382 e. The van der Waals surface area contributed by atoms with Gasteiger partial charge in [0.25, 0.3) is 5.91 Å². The molecule has 1 aromatic rings. The molecule has 0 saturated carbocycles. The Bertz CT molecular complexity index is 362. The number of rotatable bonds is 3. The zero-order valence-corrected chi connectivity index (χ0v) is 8.08. The maximum Gasteiger partial charge on any atom is 0.255 e. The van der Waals surface area contributed by atoms with E-state index in [1.165, 1.54) is 12.1 Å². The molecular formula is C10H11F2NO2. The minimum atomic E-state index is -2.23. The molecule has 3 nitrogen and oxygen atoms in total. The molecule has 0 fully saturated rings. The Balaban J connectivity index is 3.05. The molecule has 0 aromatic heterocycles. The second-order valence-electron chi connectivity index (χ2n) is 3.42. The average molecular weight is 215 g/mol. The number of benzene rings is 1. The van der Waals surface area contributed by atoms with Crippen LogP contribution in [0, 0.1) is 5.82 Å². The maximum absolute atomic E-state index is 13.3. The van der Waals surface area contributed by atoms with Gasteiger partial charge in [-0.1, -0.05) is 12.1 Å². The van der Waals surface area contributed by atoms with Crippen LogP contribution in [0.25, 0.3) is 0 Å². The third-order valence-electron chi connectivity index (χ3n) is 2.17. The number of hydrogen-bond acceptors (Lipinski definition) is 2. The summed E-state index contributed by atoms with van der Waals surface area (Å²) in [6, 6.07) is 4.53. The first-order valence-corrected chi connectivity index (χ1v) is 4.27. The Morgan fingerprint density at radius 3 is 2.33 bits per heavy atom. The Hall–Kier alpha value is -1.49. The summed E-state index contributed by atoms with van der Waals surface area (Å²) >= 11 is 0. The van der Waals surface area contributed by atoms with Crippen molar-refractivity contribution in [3.8, 4) is 0 Å². The molecule has 0 unspecified atom stereocenters. The van der Waals surface area contributed by atoms with Gasteiger partial charge in [0.2, 0.25) is 6.17 Å². The summed E-state index contributed by atoms with van der Waals surface area (Å²) in [5, 5.41) is 9.72. The molecule has 3 N–H and O–H groups in total. The molecule has 1 aromatic carbocycles. The number of halogens is 2. The van der Waals surface area contributed by atoms with E-state index in [2.05, 4.69) is 0 Å². The lowest BCUT2D eigenvalue weighted by Crippen LogP contribution is -2.42. The van der Waals surface area contributed by atoms with Crippen LogP contribution in [0.15, 0.2) is 24.3 Å². The molecule has 5 heteroatoms. The molecule has 1 rings (SSSR count). The number of carbonyl (C=O) groups excluding carboxylic acids is 1. The fourth-order valence-electron chi connectivity index (χ4n) is 1.21. The number of nitrogens with two attached hydrogens (primary N) is 1. The largest absolute Gasteiger partial charge is 0.382 e. The van der Waals surface area contributed by atoms with Gasteiger partial charge in [-0.15, -0.1) is 0 Å². The number of hydrogen-bond donors (Lipinski definition) is 2. The normalized spacial score (nSPS) is 16.8. The van der Waals surface area contributed by atoms with E-state index in [4.69, 9.17) is 5.73 Å². The van der Waals surface area contributed by atoms with Crippen LogP contribution in [0.2, 0.25) is 0 Å². The predicted octanol–water partition coefficient (Wildman–Crippen LogP) is 0.857. The van der Waals surface area contributed by atoms with Crippen molar-refractivity contribution in [1.29, 1.82) is 0 Å². The lowest BCUT2D eigenvalue weighted by molar-refractivity contribution is -0.133. The molecule has 0 heterocycles. The SMILES string of the molecule is C[C@@](O)(c1ccc(F)cc1)[C@H](F)C(N)=O. The maximum atomic E-state index is 13.3. The zero-order chi connectivity index (χ0) is 11.6. The highest BCUT2D eigenvalue weighted by Crippen LogP contribution is 2.26. The highest BCUT2D eigenvalue weighted by molar-refractivity contribution is 5.80. The molecule has 15 heavy (non-hydrogen) atoms. The third kappa shape index (κ3) is 2.30. The summed E-state index contributed by atoms with van der Waals surface area (Å²) in [6.07, 6.45) is -2.23. The van der Waals surface area contributed by atoms with Crippen LogP contribution in [0.3, 0.4) is 0 Å². The molecular weight excluding hydrogens is 204 g/mol. The van der Waals surface area contributed by atoms with Gasteiger partial charge in [0, 0.05) is 0 Å². The fourth-order valence-corrected chi connectivity index (χ4v) is 1.21. The summed E-state index contributed by atoms with van der Waals surface area (Å²) < 4.78 is 25.8. The lowest BCUT2D eigenvalue weighted by Gasteiger charge is -2.25. The first-order valence-electron chi connectivity index (χ1n) is 4.27. The smallest absolute Gasteiger partial charge is 0.255 e. The number of carbonyl (C=O) groups is 1. The number of amides is 1. The van der Waals surface area contributed by atoms with Gasteiger partial charge in [0.1, 0.15) is 11.4 Å². The van der Waals surface area contributed by atoms with Gasteiger partial charge < -0.3 is 10.8 Å². The van der Waals surface area contributed by atoms with Crippen LogP contribution >= 0.6 is 0 Å². The first-order chi connectivity index (χ1) is 6.85. The van der Waals surface area contributed by atoms with E-state index in [0.29, 0.717) is 0 Å². The fraction of sp³-hybridized carbons (Fsp3) is 0.300. The summed E-state index contributed by atoms with van der Waals surface area (Å²) in [7, 11) is 0. The minimum absolute atomic E-state index is 0.0928. The first kappa shape index (κ1) is 11.6. The molecule has 0 saturated heterocycles. The third-order valence-corrected chi connectivity index (χ3v) is 2.17. The topological polar surface area (TPSA) is 63.3 Å². The van der Waals surface area contributed by atoms with Gasteiger partial charge in [-0.2, -0.15) is 0 Å². The molecule has 1 amide bonds. The van der Waals surface area contributed by atoms with E-state index in [9.17, 15) is 18.7 Å². The predicted molar refractivity (Wildman–Crippen MR) is 50.1 cm³/mol. The number of primary amides is 1. The molecule has 0 radical (unpaired) electrons. The standard InChI is InChI=1S/C10H11F2NO2/c1-10(15,8(12)9(13)14)6-2-4-7(11)5-3-6/h2-5,8,15H,1H3,(H2,13,14)/t8-,10-/m1/s1. The summed E-state index contributed by atoms with van der Waals surface area (Å²) in [4.78, 5) is 10.6. The van der Waals surface area contributed by atoms with E-state index in [1.54, 1.807) is 0 Å². The van der Waals surface area contributed by atoms with Crippen molar-refractivity contribution in [2.24, 2.45) is 5.73 Å². The summed E-state index contributed by atoms with van der Waals surface area (Å²) in [6.45, 7) is 1.11. The summed E-state index contributed by atoms with van der Waals surface area (Å²) in [5.41, 5.74) is 2.79. The molecule has 0 aliphatic rings. The monoisotopic (exact) mass is 215 g/mol.